The van der Waals surface area contributed by atoms with Crippen LogP contribution in [0.5, 0.6) is 0 Å². The van der Waals surface area contributed by atoms with Crippen molar-refractivity contribution in [1.29, 1.82) is 5.41 Å². The lowest BCUT2D eigenvalue weighted by atomic mass is 10.5. The van der Waals surface area contributed by atoms with Crippen LogP contribution in [0, 0.1) is 5.41 Å². The van der Waals surface area contributed by atoms with Gasteiger partial charge in [-0.1, -0.05) is 6.92 Å². The van der Waals surface area contributed by atoms with Gasteiger partial charge >= 0.3 is 0 Å². The molecule has 0 spiro atoms. The van der Waals surface area contributed by atoms with Crippen LogP contribution in [0.4, 0.5) is 5.13 Å². The van der Waals surface area contributed by atoms with Crippen molar-refractivity contribution in [3.05, 3.63) is 11.1 Å². The quantitative estimate of drug-likeness (QED) is 0.458. The number of thiazole rings is 1. The van der Waals surface area contributed by atoms with Gasteiger partial charge in [0.15, 0.2) is 11.1 Å². The highest BCUT2D eigenvalue weighted by molar-refractivity contribution is 7.99. The molecule has 1 aromatic rings. The van der Waals surface area contributed by atoms with Crippen LogP contribution in [0.2, 0.25) is 0 Å². The molecule has 0 amide bonds. The van der Waals surface area contributed by atoms with Gasteiger partial charge in [-0.15, -0.1) is 11.3 Å². The number of guanidine groups is 1. The number of anilines is 1. The Hall–Kier alpha value is -0.790. The lowest BCUT2D eigenvalue weighted by Gasteiger charge is -2.05. The third kappa shape index (κ3) is 4.50. The fourth-order valence-electron chi connectivity index (χ4n) is 0.842. The molecule has 15 heavy (non-hydrogen) atoms. The summed E-state index contributed by atoms with van der Waals surface area (Å²) in [7, 11) is 0. The Bertz CT molecular complexity index is 325. The van der Waals surface area contributed by atoms with Gasteiger partial charge in [0.05, 0.1) is 5.69 Å². The number of aromatic nitrogens is 1. The standard InChI is InChI=1S/C8H15N5S2/c1-5(2-9)14-3-6-4-15-8(12-6)13-7(10)11/h4-5H,2-3,9H2,1H3,(H4,10,11,12,13). The zero-order valence-electron chi connectivity index (χ0n) is 8.49. The molecule has 0 saturated heterocycles. The maximum atomic E-state index is 7.05. The number of thioether (sulfide) groups is 1. The first-order chi connectivity index (χ1) is 7.11. The van der Waals surface area contributed by atoms with Crippen LogP contribution in [0.1, 0.15) is 12.6 Å². The van der Waals surface area contributed by atoms with Crippen LogP contribution in [0.3, 0.4) is 0 Å². The molecule has 1 aromatic heterocycles. The van der Waals surface area contributed by atoms with Gasteiger partial charge in [-0.3, -0.25) is 5.41 Å². The molecule has 6 N–H and O–H groups in total. The van der Waals surface area contributed by atoms with E-state index in [4.69, 9.17) is 16.9 Å². The van der Waals surface area contributed by atoms with Gasteiger partial charge in [0.25, 0.3) is 0 Å². The molecular weight excluding hydrogens is 230 g/mol. The second-order valence-electron chi connectivity index (χ2n) is 3.04. The molecule has 84 valence electrons. The van der Waals surface area contributed by atoms with Gasteiger partial charge in [0, 0.05) is 22.9 Å². The maximum absolute atomic E-state index is 7.05. The Morgan fingerprint density at radius 3 is 3.13 bits per heavy atom. The normalized spacial score (nSPS) is 12.4. The van der Waals surface area contributed by atoms with E-state index in [2.05, 4.69) is 17.2 Å². The molecule has 0 aliphatic carbocycles. The second-order valence-corrected chi connectivity index (χ2v) is 5.32. The molecule has 0 fully saturated rings. The lowest BCUT2D eigenvalue weighted by molar-refractivity contribution is 0.949. The molecule has 0 aliphatic rings. The monoisotopic (exact) mass is 245 g/mol. The second kappa shape index (κ2) is 5.94. The Labute approximate surface area is 97.2 Å². The van der Waals surface area contributed by atoms with E-state index >= 15 is 0 Å². The van der Waals surface area contributed by atoms with Crippen molar-refractivity contribution in [1.82, 2.24) is 4.98 Å². The van der Waals surface area contributed by atoms with Gasteiger partial charge in [-0.05, 0) is 0 Å². The molecule has 1 rings (SSSR count). The van der Waals surface area contributed by atoms with Crippen molar-refractivity contribution < 1.29 is 0 Å². The molecule has 7 heteroatoms. The molecule has 0 radical (unpaired) electrons. The first kappa shape index (κ1) is 12.3. The molecule has 1 unspecified atom stereocenters. The molecule has 5 nitrogen and oxygen atoms in total. The number of nitrogens with zero attached hydrogens (tertiary/aromatic N) is 1. The first-order valence-electron chi connectivity index (χ1n) is 4.49. The molecule has 0 aromatic carbocycles. The molecule has 0 saturated carbocycles. The minimum absolute atomic E-state index is 0.0844. The van der Waals surface area contributed by atoms with Gasteiger partial charge in [-0.2, -0.15) is 11.8 Å². The minimum atomic E-state index is -0.0844. The Morgan fingerprint density at radius 1 is 1.80 bits per heavy atom. The SMILES string of the molecule is CC(CN)SCc1csc(NC(=N)N)n1. The predicted octanol–water partition coefficient (Wildman–Crippen LogP) is 1.03. The van der Waals surface area contributed by atoms with Crippen molar-refractivity contribution in [2.75, 3.05) is 11.9 Å². The number of rotatable bonds is 5. The topological polar surface area (TPSA) is 101 Å². The number of nitrogens with two attached hydrogens (primary N) is 2. The van der Waals surface area contributed by atoms with Crippen LogP contribution in [-0.2, 0) is 5.75 Å². The molecule has 0 aliphatic heterocycles. The van der Waals surface area contributed by atoms with Gasteiger partial charge < -0.3 is 16.8 Å². The van der Waals surface area contributed by atoms with E-state index in [0.717, 1.165) is 11.4 Å². The Kier molecular flexibility index (Phi) is 4.86. The summed E-state index contributed by atoms with van der Waals surface area (Å²) in [6, 6.07) is 0. The smallest absolute Gasteiger partial charge is 0.192 e. The summed E-state index contributed by atoms with van der Waals surface area (Å²) in [5.41, 5.74) is 11.7. The van der Waals surface area contributed by atoms with Crippen molar-refractivity contribution in [2.24, 2.45) is 11.5 Å². The van der Waals surface area contributed by atoms with E-state index in [1.54, 1.807) is 11.8 Å². The summed E-state index contributed by atoms with van der Waals surface area (Å²) < 4.78 is 0. The van der Waals surface area contributed by atoms with Crippen molar-refractivity contribution in [2.45, 2.75) is 17.9 Å². The maximum Gasteiger partial charge on any atom is 0.192 e. The summed E-state index contributed by atoms with van der Waals surface area (Å²) >= 11 is 3.22. The third-order valence-electron chi connectivity index (χ3n) is 1.64. The predicted molar refractivity (Wildman–Crippen MR) is 67.5 cm³/mol. The van der Waals surface area contributed by atoms with E-state index in [9.17, 15) is 0 Å². The zero-order valence-corrected chi connectivity index (χ0v) is 10.1. The van der Waals surface area contributed by atoms with Crippen LogP contribution in [0.15, 0.2) is 5.38 Å². The average molecular weight is 245 g/mol. The van der Waals surface area contributed by atoms with E-state index in [1.165, 1.54) is 11.3 Å². The summed E-state index contributed by atoms with van der Waals surface area (Å²) in [5, 5.41) is 12.8. The van der Waals surface area contributed by atoms with Crippen molar-refractivity contribution in [3.63, 3.8) is 0 Å². The summed E-state index contributed by atoms with van der Waals surface area (Å²) in [6.45, 7) is 2.76. The third-order valence-corrected chi connectivity index (χ3v) is 3.67. The molecule has 1 atom stereocenters. The average Bonchev–Trinajstić information content (AvgIpc) is 2.61. The zero-order chi connectivity index (χ0) is 11.3. The Morgan fingerprint density at radius 2 is 2.53 bits per heavy atom. The van der Waals surface area contributed by atoms with Crippen LogP contribution in [0.25, 0.3) is 0 Å². The first-order valence-corrected chi connectivity index (χ1v) is 6.41. The van der Waals surface area contributed by atoms with Gasteiger partial charge in [0.1, 0.15) is 0 Å². The summed E-state index contributed by atoms with van der Waals surface area (Å²) in [5.74, 6) is 0.757. The Balaban J connectivity index is 2.42. The fraction of sp³-hybridized carbons (Fsp3) is 0.500. The number of nitrogens with one attached hydrogen (secondary N) is 2. The molecule has 0 bridgehead atoms. The molecular formula is C8H15N5S2. The van der Waals surface area contributed by atoms with E-state index in [-0.39, 0.29) is 5.96 Å². The highest BCUT2D eigenvalue weighted by atomic mass is 32.2. The highest BCUT2D eigenvalue weighted by Gasteiger charge is 2.05. The number of hydrogen-bond donors (Lipinski definition) is 4. The summed E-state index contributed by atoms with van der Waals surface area (Å²) in [4.78, 5) is 4.28. The minimum Gasteiger partial charge on any atom is -0.370 e. The fourth-order valence-corrected chi connectivity index (χ4v) is 2.41. The van der Waals surface area contributed by atoms with Gasteiger partial charge in [-0.25, -0.2) is 4.98 Å². The lowest BCUT2D eigenvalue weighted by Crippen LogP contribution is -2.20. The van der Waals surface area contributed by atoms with E-state index in [1.807, 2.05) is 5.38 Å². The van der Waals surface area contributed by atoms with Crippen molar-refractivity contribution >= 4 is 34.2 Å². The summed E-state index contributed by atoms with van der Waals surface area (Å²) in [6.07, 6.45) is 0. The van der Waals surface area contributed by atoms with Crippen LogP contribution >= 0.6 is 23.1 Å². The largest absolute Gasteiger partial charge is 0.370 e. The number of hydrogen-bond acceptors (Lipinski definition) is 5. The van der Waals surface area contributed by atoms with Gasteiger partial charge in [0.2, 0.25) is 0 Å². The van der Waals surface area contributed by atoms with Crippen LogP contribution in [-0.4, -0.2) is 22.7 Å². The van der Waals surface area contributed by atoms with E-state index in [0.29, 0.717) is 16.9 Å². The van der Waals surface area contributed by atoms with Crippen molar-refractivity contribution in [3.8, 4) is 0 Å². The highest BCUT2D eigenvalue weighted by Crippen LogP contribution is 2.21. The van der Waals surface area contributed by atoms with Crippen LogP contribution < -0.4 is 16.8 Å². The van der Waals surface area contributed by atoms with E-state index < -0.39 is 0 Å². The molecule has 1 heterocycles.